The van der Waals surface area contributed by atoms with E-state index in [2.05, 4.69) is 0 Å². The number of hydrogen-bond acceptors (Lipinski definition) is 5. The molecular weight excluding hydrogens is 294 g/mol. The minimum Gasteiger partial charge on any atom is -0.460 e. The summed E-state index contributed by atoms with van der Waals surface area (Å²) in [5, 5.41) is 0. The molecule has 1 heterocycles. The van der Waals surface area contributed by atoms with Gasteiger partial charge in [0.15, 0.2) is 0 Å². The van der Waals surface area contributed by atoms with E-state index >= 15 is 0 Å². The standard InChI is InChI=1S/C18H25NO4/c1-18(2,3)23-17(21)15-9-10-19(11-15)12-16(20)22-13-14-7-5-4-6-8-14/h4-8,15H,9-13H2,1-3H3. The van der Waals surface area contributed by atoms with Gasteiger partial charge in [0.1, 0.15) is 12.2 Å². The van der Waals surface area contributed by atoms with Crippen molar-refractivity contribution < 1.29 is 19.1 Å². The Bertz CT molecular complexity index is 536. The van der Waals surface area contributed by atoms with Crippen LogP contribution in [0.5, 0.6) is 0 Å². The third-order valence-corrected chi connectivity index (χ3v) is 3.61. The molecule has 1 saturated heterocycles. The van der Waals surface area contributed by atoms with Crippen molar-refractivity contribution in [2.75, 3.05) is 19.6 Å². The van der Waals surface area contributed by atoms with Crippen LogP contribution in [0.3, 0.4) is 0 Å². The van der Waals surface area contributed by atoms with Crippen molar-refractivity contribution in [2.24, 2.45) is 5.92 Å². The molecule has 1 fully saturated rings. The summed E-state index contributed by atoms with van der Waals surface area (Å²) in [5.74, 6) is -0.604. The molecule has 1 aromatic rings. The van der Waals surface area contributed by atoms with Gasteiger partial charge in [0.25, 0.3) is 0 Å². The Morgan fingerprint density at radius 2 is 1.91 bits per heavy atom. The van der Waals surface area contributed by atoms with Crippen LogP contribution in [0.25, 0.3) is 0 Å². The normalized spacial score (nSPS) is 18.7. The molecule has 1 aromatic carbocycles. The minimum atomic E-state index is -0.473. The summed E-state index contributed by atoms with van der Waals surface area (Å²) >= 11 is 0. The van der Waals surface area contributed by atoms with Crippen molar-refractivity contribution in [2.45, 2.75) is 39.4 Å². The van der Waals surface area contributed by atoms with Crippen LogP contribution in [0, 0.1) is 5.92 Å². The van der Waals surface area contributed by atoms with Crippen LogP contribution in [-0.2, 0) is 25.7 Å². The highest BCUT2D eigenvalue weighted by atomic mass is 16.6. The zero-order valence-electron chi connectivity index (χ0n) is 14.1. The molecule has 1 atom stereocenters. The lowest BCUT2D eigenvalue weighted by atomic mass is 10.1. The zero-order chi connectivity index (χ0) is 16.9. The van der Waals surface area contributed by atoms with Crippen LogP contribution >= 0.6 is 0 Å². The number of hydrogen-bond donors (Lipinski definition) is 0. The molecule has 0 aromatic heterocycles. The van der Waals surface area contributed by atoms with Gasteiger partial charge in [-0.15, -0.1) is 0 Å². The van der Waals surface area contributed by atoms with Gasteiger partial charge in [0.05, 0.1) is 12.5 Å². The number of carbonyl (C=O) groups is 2. The summed E-state index contributed by atoms with van der Waals surface area (Å²) in [6, 6.07) is 9.58. The van der Waals surface area contributed by atoms with Gasteiger partial charge in [0.2, 0.25) is 0 Å². The summed E-state index contributed by atoms with van der Waals surface area (Å²) in [5.41, 5.74) is 0.493. The summed E-state index contributed by atoms with van der Waals surface area (Å²) in [4.78, 5) is 25.9. The van der Waals surface area contributed by atoms with E-state index in [0.29, 0.717) is 13.1 Å². The van der Waals surface area contributed by atoms with E-state index in [9.17, 15) is 9.59 Å². The average molecular weight is 319 g/mol. The number of carbonyl (C=O) groups excluding carboxylic acids is 2. The molecular formula is C18H25NO4. The predicted octanol–water partition coefficient (Wildman–Crippen LogP) is 2.39. The maximum atomic E-state index is 12.0. The van der Waals surface area contributed by atoms with Gasteiger partial charge >= 0.3 is 11.9 Å². The van der Waals surface area contributed by atoms with Crippen LogP contribution in [0.15, 0.2) is 30.3 Å². The lowest BCUT2D eigenvalue weighted by Crippen LogP contribution is -2.32. The Morgan fingerprint density at radius 3 is 2.57 bits per heavy atom. The molecule has 0 N–H and O–H groups in total. The zero-order valence-corrected chi connectivity index (χ0v) is 14.1. The molecule has 0 saturated carbocycles. The Labute approximate surface area is 137 Å². The summed E-state index contributed by atoms with van der Waals surface area (Å²) < 4.78 is 10.7. The van der Waals surface area contributed by atoms with Gasteiger partial charge < -0.3 is 9.47 Å². The second-order valence-corrected chi connectivity index (χ2v) is 6.90. The number of likely N-dealkylation sites (tertiary alicyclic amines) is 1. The van der Waals surface area contributed by atoms with E-state index in [1.807, 2.05) is 56.0 Å². The molecule has 5 heteroatoms. The van der Waals surface area contributed by atoms with Crippen molar-refractivity contribution >= 4 is 11.9 Å². The lowest BCUT2D eigenvalue weighted by Gasteiger charge is -2.22. The minimum absolute atomic E-state index is 0.156. The molecule has 23 heavy (non-hydrogen) atoms. The molecule has 0 bridgehead atoms. The van der Waals surface area contributed by atoms with E-state index in [-0.39, 0.29) is 31.0 Å². The summed E-state index contributed by atoms with van der Waals surface area (Å²) in [6.07, 6.45) is 0.723. The largest absolute Gasteiger partial charge is 0.460 e. The van der Waals surface area contributed by atoms with E-state index < -0.39 is 5.60 Å². The number of nitrogens with zero attached hydrogens (tertiary/aromatic N) is 1. The molecule has 0 spiro atoms. The second kappa shape index (κ2) is 7.59. The quantitative estimate of drug-likeness (QED) is 0.780. The fourth-order valence-electron chi connectivity index (χ4n) is 2.52. The van der Waals surface area contributed by atoms with Gasteiger partial charge in [-0.05, 0) is 39.3 Å². The van der Waals surface area contributed by atoms with Crippen LogP contribution in [-0.4, -0.2) is 42.1 Å². The van der Waals surface area contributed by atoms with Crippen molar-refractivity contribution in [3.63, 3.8) is 0 Å². The van der Waals surface area contributed by atoms with E-state index in [4.69, 9.17) is 9.47 Å². The highest BCUT2D eigenvalue weighted by Crippen LogP contribution is 2.20. The molecule has 0 aliphatic carbocycles. The van der Waals surface area contributed by atoms with Crippen molar-refractivity contribution in [3.05, 3.63) is 35.9 Å². The molecule has 126 valence electrons. The van der Waals surface area contributed by atoms with E-state index in [0.717, 1.165) is 12.0 Å². The SMILES string of the molecule is CC(C)(C)OC(=O)C1CCN(CC(=O)OCc2ccccc2)C1. The average Bonchev–Trinajstić information content (AvgIpc) is 2.93. The third-order valence-electron chi connectivity index (χ3n) is 3.61. The first-order valence-corrected chi connectivity index (χ1v) is 7.98. The molecule has 0 amide bonds. The highest BCUT2D eigenvalue weighted by molar-refractivity contribution is 5.74. The molecule has 0 radical (unpaired) electrons. The van der Waals surface area contributed by atoms with Gasteiger partial charge in [0, 0.05) is 6.54 Å². The fraction of sp³-hybridized carbons (Fsp3) is 0.556. The number of rotatable bonds is 5. The number of ether oxygens (including phenoxy) is 2. The van der Waals surface area contributed by atoms with Gasteiger partial charge in [-0.1, -0.05) is 30.3 Å². The van der Waals surface area contributed by atoms with Crippen molar-refractivity contribution in [1.29, 1.82) is 0 Å². The first kappa shape index (κ1) is 17.5. The Balaban J connectivity index is 1.72. The molecule has 2 rings (SSSR count). The topological polar surface area (TPSA) is 55.8 Å². The smallest absolute Gasteiger partial charge is 0.320 e. The van der Waals surface area contributed by atoms with Crippen LogP contribution in [0.1, 0.15) is 32.8 Å². The second-order valence-electron chi connectivity index (χ2n) is 6.90. The highest BCUT2D eigenvalue weighted by Gasteiger charge is 2.32. The van der Waals surface area contributed by atoms with Gasteiger partial charge in [-0.2, -0.15) is 0 Å². The Hall–Kier alpha value is -1.88. The van der Waals surface area contributed by atoms with Crippen molar-refractivity contribution in [3.8, 4) is 0 Å². The van der Waals surface area contributed by atoms with Crippen LogP contribution in [0.2, 0.25) is 0 Å². The monoisotopic (exact) mass is 319 g/mol. The van der Waals surface area contributed by atoms with Gasteiger partial charge in [-0.3, -0.25) is 14.5 Å². The number of benzene rings is 1. The fourth-order valence-corrected chi connectivity index (χ4v) is 2.52. The summed E-state index contributed by atoms with van der Waals surface area (Å²) in [7, 11) is 0. The first-order valence-electron chi connectivity index (χ1n) is 7.98. The first-order chi connectivity index (χ1) is 10.8. The predicted molar refractivity (Wildman–Crippen MR) is 86.6 cm³/mol. The van der Waals surface area contributed by atoms with Crippen LogP contribution in [0.4, 0.5) is 0 Å². The van der Waals surface area contributed by atoms with E-state index in [1.165, 1.54) is 0 Å². The van der Waals surface area contributed by atoms with Gasteiger partial charge in [-0.25, -0.2) is 0 Å². The maximum absolute atomic E-state index is 12.0. The molecule has 1 aliphatic rings. The molecule has 1 unspecified atom stereocenters. The van der Waals surface area contributed by atoms with Crippen LogP contribution < -0.4 is 0 Å². The maximum Gasteiger partial charge on any atom is 0.320 e. The Kier molecular flexibility index (Phi) is 5.77. The Morgan fingerprint density at radius 1 is 1.22 bits per heavy atom. The molecule has 1 aliphatic heterocycles. The lowest BCUT2D eigenvalue weighted by molar-refractivity contribution is -0.159. The third kappa shape index (κ3) is 6.02. The number of esters is 2. The summed E-state index contributed by atoms with van der Waals surface area (Å²) in [6.45, 7) is 7.34. The molecule has 5 nitrogen and oxygen atoms in total. The van der Waals surface area contributed by atoms with Crippen molar-refractivity contribution in [1.82, 2.24) is 4.90 Å². The van der Waals surface area contributed by atoms with E-state index in [1.54, 1.807) is 0 Å².